The highest BCUT2D eigenvalue weighted by atomic mass is 32.2. The van der Waals surface area contributed by atoms with E-state index in [-0.39, 0.29) is 21.9 Å². The molecule has 4 N–H and O–H groups in total. The van der Waals surface area contributed by atoms with E-state index in [4.69, 9.17) is 10.8 Å². The molecule has 0 saturated heterocycles. The van der Waals surface area contributed by atoms with Gasteiger partial charge in [0.1, 0.15) is 9.77 Å². The van der Waals surface area contributed by atoms with E-state index in [0.29, 0.717) is 12.0 Å². The summed E-state index contributed by atoms with van der Waals surface area (Å²) in [6, 6.07) is -0.541. The molecule has 20 heavy (non-hydrogen) atoms. The van der Waals surface area contributed by atoms with E-state index >= 15 is 0 Å². The average molecular weight is 318 g/mol. The van der Waals surface area contributed by atoms with Crippen LogP contribution >= 0.6 is 11.3 Å². The van der Waals surface area contributed by atoms with E-state index in [2.05, 4.69) is 4.72 Å². The number of nitrogens with two attached hydrogens (primary N) is 1. The Hall–Kier alpha value is -0.960. The van der Waals surface area contributed by atoms with Gasteiger partial charge in [0, 0.05) is 12.1 Å². The first-order chi connectivity index (χ1) is 9.33. The maximum absolute atomic E-state index is 12.4. The topological polar surface area (TPSA) is 109 Å². The van der Waals surface area contributed by atoms with Gasteiger partial charge in [-0.05, 0) is 30.7 Å². The molecule has 0 amide bonds. The van der Waals surface area contributed by atoms with Crippen LogP contribution in [0.1, 0.15) is 40.9 Å². The minimum absolute atomic E-state index is 0.132. The summed E-state index contributed by atoms with van der Waals surface area (Å²) in [4.78, 5) is 10.8. The number of rotatable bonds is 4. The molecule has 112 valence electrons. The summed E-state index contributed by atoms with van der Waals surface area (Å²) >= 11 is 0.924. The molecule has 8 heteroatoms. The van der Waals surface area contributed by atoms with Gasteiger partial charge in [-0.2, -0.15) is 0 Å². The van der Waals surface area contributed by atoms with E-state index in [0.717, 1.165) is 30.6 Å². The average Bonchev–Trinajstić information content (AvgIpc) is 2.75. The quantitative estimate of drug-likeness (QED) is 0.775. The number of hydrogen-bond acceptors (Lipinski definition) is 5. The SMILES string of the molecule is Cc1csc(C(=O)O)c1S(=O)(=O)NC1CCCCC1N. The number of sulfonamides is 1. The molecule has 1 aliphatic carbocycles. The van der Waals surface area contributed by atoms with Crippen molar-refractivity contribution < 1.29 is 18.3 Å². The minimum atomic E-state index is -3.86. The molecule has 2 unspecified atom stereocenters. The van der Waals surface area contributed by atoms with Gasteiger partial charge < -0.3 is 10.8 Å². The summed E-state index contributed by atoms with van der Waals surface area (Å²) in [5.41, 5.74) is 6.38. The van der Waals surface area contributed by atoms with Crippen LogP contribution in [-0.4, -0.2) is 31.6 Å². The standard InChI is InChI=1S/C12H18N2O4S2/c1-7-6-19-10(12(15)16)11(7)20(17,18)14-9-5-3-2-4-8(9)13/h6,8-9,14H,2-5,13H2,1H3,(H,15,16). The second-order valence-corrected chi connectivity index (χ2v) is 7.59. The van der Waals surface area contributed by atoms with E-state index in [1.54, 1.807) is 12.3 Å². The van der Waals surface area contributed by atoms with Crippen LogP contribution in [-0.2, 0) is 10.0 Å². The maximum atomic E-state index is 12.4. The smallest absolute Gasteiger partial charge is 0.347 e. The van der Waals surface area contributed by atoms with Gasteiger partial charge in [0.25, 0.3) is 0 Å². The van der Waals surface area contributed by atoms with E-state index < -0.39 is 16.0 Å². The predicted molar refractivity (Wildman–Crippen MR) is 76.6 cm³/mol. The zero-order chi connectivity index (χ0) is 14.9. The van der Waals surface area contributed by atoms with Crippen LogP contribution in [0.2, 0.25) is 0 Å². The molecule has 0 spiro atoms. The Morgan fingerprint density at radius 3 is 2.70 bits per heavy atom. The zero-order valence-corrected chi connectivity index (χ0v) is 12.8. The molecule has 1 heterocycles. The Balaban J connectivity index is 2.31. The van der Waals surface area contributed by atoms with Crippen molar-refractivity contribution in [2.75, 3.05) is 0 Å². The molecule has 1 aromatic rings. The normalized spacial score (nSPS) is 23.7. The van der Waals surface area contributed by atoms with Crippen molar-refractivity contribution in [1.29, 1.82) is 0 Å². The van der Waals surface area contributed by atoms with Crippen molar-refractivity contribution >= 4 is 27.3 Å². The molecule has 2 rings (SSSR count). The lowest BCUT2D eigenvalue weighted by Crippen LogP contribution is -2.49. The Labute approximate surface area is 122 Å². The van der Waals surface area contributed by atoms with Crippen molar-refractivity contribution in [3.8, 4) is 0 Å². The van der Waals surface area contributed by atoms with E-state index in [1.165, 1.54) is 0 Å². The Morgan fingerprint density at radius 1 is 1.45 bits per heavy atom. The molecule has 0 aromatic carbocycles. The molecule has 0 aliphatic heterocycles. The summed E-state index contributed by atoms with van der Waals surface area (Å²) in [5.74, 6) is -1.23. The monoisotopic (exact) mass is 318 g/mol. The lowest BCUT2D eigenvalue weighted by atomic mass is 9.92. The van der Waals surface area contributed by atoms with Crippen LogP contribution in [0.5, 0.6) is 0 Å². The Bertz CT molecular complexity index is 609. The van der Waals surface area contributed by atoms with Gasteiger partial charge in [0.05, 0.1) is 0 Å². The second kappa shape index (κ2) is 5.80. The fraction of sp³-hybridized carbons (Fsp3) is 0.583. The first kappa shape index (κ1) is 15.4. The van der Waals surface area contributed by atoms with Gasteiger partial charge >= 0.3 is 5.97 Å². The number of nitrogens with one attached hydrogen (secondary N) is 1. The maximum Gasteiger partial charge on any atom is 0.347 e. The summed E-state index contributed by atoms with van der Waals surface area (Å²) < 4.78 is 27.4. The van der Waals surface area contributed by atoms with Crippen molar-refractivity contribution in [3.05, 3.63) is 15.8 Å². The lowest BCUT2D eigenvalue weighted by molar-refractivity contribution is 0.0698. The van der Waals surface area contributed by atoms with E-state index in [9.17, 15) is 13.2 Å². The fourth-order valence-electron chi connectivity index (χ4n) is 2.48. The van der Waals surface area contributed by atoms with Crippen molar-refractivity contribution in [2.45, 2.75) is 49.6 Å². The number of hydrogen-bond donors (Lipinski definition) is 3. The van der Waals surface area contributed by atoms with Crippen LogP contribution < -0.4 is 10.5 Å². The third kappa shape index (κ3) is 3.03. The van der Waals surface area contributed by atoms with Gasteiger partial charge in [-0.3, -0.25) is 0 Å². The Morgan fingerprint density at radius 2 is 2.10 bits per heavy atom. The molecule has 1 fully saturated rings. The first-order valence-electron chi connectivity index (χ1n) is 6.42. The molecule has 0 radical (unpaired) electrons. The van der Waals surface area contributed by atoms with Crippen molar-refractivity contribution in [3.63, 3.8) is 0 Å². The molecule has 6 nitrogen and oxygen atoms in total. The van der Waals surface area contributed by atoms with E-state index in [1.807, 2.05) is 0 Å². The number of carboxylic acid groups (broad SMARTS) is 1. The summed E-state index contributed by atoms with van der Waals surface area (Å²) in [5, 5.41) is 10.6. The van der Waals surface area contributed by atoms with Gasteiger partial charge in [-0.15, -0.1) is 11.3 Å². The van der Waals surface area contributed by atoms with Gasteiger partial charge in [0.15, 0.2) is 0 Å². The fourth-order valence-corrected chi connectivity index (χ4v) is 5.43. The molecule has 1 aromatic heterocycles. The number of thiophene rings is 1. The largest absolute Gasteiger partial charge is 0.477 e. The van der Waals surface area contributed by atoms with Crippen LogP contribution in [0.25, 0.3) is 0 Å². The lowest BCUT2D eigenvalue weighted by Gasteiger charge is -2.29. The highest BCUT2D eigenvalue weighted by molar-refractivity contribution is 7.89. The van der Waals surface area contributed by atoms with Crippen LogP contribution in [0, 0.1) is 6.92 Å². The van der Waals surface area contributed by atoms with Crippen LogP contribution in [0.3, 0.4) is 0 Å². The number of aryl methyl sites for hydroxylation is 1. The van der Waals surface area contributed by atoms with Crippen molar-refractivity contribution in [2.24, 2.45) is 5.73 Å². The third-order valence-corrected chi connectivity index (χ3v) is 6.40. The zero-order valence-electron chi connectivity index (χ0n) is 11.1. The number of carbonyl (C=O) groups is 1. The van der Waals surface area contributed by atoms with Gasteiger partial charge in [0.2, 0.25) is 10.0 Å². The highest BCUT2D eigenvalue weighted by Crippen LogP contribution is 2.28. The minimum Gasteiger partial charge on any atom is -0.477 e. The summed E-state index contributed by atoms with van der Waals surface area (Å²) in [6.07, 6.45) is 3.39. The van der Waals surface area contributed by atoms with Crippen LogP contribution in [0.4, 0.5) is 0 Å². The summed E-state index contributed by atoms with van der Waals surface area (Å²) in [7, 11) is -3.86. The van der Waals surface area contributed by atoms with Crippen LogP contribution in [0.15, 0.2) is 10.3 Å². The molecule has 1 aliphatic rings. The first-order valence-corrected chi connectivity index (χ1v) is 8.78. The number of carboxylic acids is 1. The second-order valence-electron chi connectivity index (χ2n) is 5.06. The third-order valence-electron chi connectivity index (χ3n) is 3.51. The number of aromatic carboxylic acids is 1. The highest BCUT2D eigenvalue weighted by Gasteiger charge is 2.31. The molecular formula is C12H18N2O4S2. The molecular weight excluding hydrogens is 300 g/mol. The Kier molecular flexibility index (Phi) is 4.48. The summed E-state index contributed by atoms with van der Waals surface area (Å²) in [6.45, 7) is 1.60. The predicted octanol–water partition coefficient (Wildman–Crippen LogP) is 1.30. The molecule has 2 atom stereocenters. The van der Waals surface area contributed by atoms with Gasteiger partial charge in [-0.25, -0.2) is 17.9 Å². The van der Waals surface area contributed by atoms with Gasteiger partial charge in [-0.1, -0.05) is 12.8 Å². The van der Waals surface area contributed by atoms with Crippen molar-refractivity contribution in [1.82, 2.24) is 4.72 Å². The molecule has 1 saturated carbocycles. The molecule has 0 bridgehead atoms.